The van der Waals surface area contributed by atoms with Crippen molar-refractivity contribution in [3.8, 4) is 5.69 Å². The van der Waals surface area contributed by atoms with Crippen LogP contribution in [0.25, 0.3) is 16.6 Å². The van der Waals surface area contributed by atoms with Gasteiger partial charge in [0.15, 0.2) is 5.43 Å². The van der Waals surface area contributed by atoms with E-state index in [0.717, 1.165) is 16.9 Å². The Kier molecular flexibility index (Phi) is 2.08. The fraction of sp³-hybridized carbons (Fsp3) is 0.0769. The van der Waals surface area contributed by atoms with Crippen LogP contribution < -0.4 is 5.43 Å². The summed E-state index contributed by atoms with van der Waals surface area (Å²) in [6, 6.07) is 9.08. The van der Waals surface area contributed by atoms with Crippen molar-refractivity contribution in [3.05, 3.63) is 58.6 Å². The van der Waals surface area contributed by atoms with E-state index in [0.29, 0.717) is 5.39 Å². The van der Waals surface area contributed by atoms with Gasteiger partial charge in [-0.25, -0.2) is 4.68 Å². The van der Waals surface area contributed by atoms with Gasteiger partial charge in [0.05, 0.1) is 11.2 Å². The number of aromatic nitrogens is 3. The third-order valence-electron chi connectivity index (χ3n) is 2.73. The molecule has 84 valence electrons. The van der Waals surface area contributed by atoms with Crippen molar-refractivity contribution < 1.29 is 0 Å². The third-order valence-corrected chi connectivity index (χ3v) is 2.73. The zero-order valence-corrected chi connectivity index (χ0v) is 9.34. The number of nitrogens with one attached hydrogen (secondary N) is 1. The average molecular weight is 225 g/mol. The maximum absolute atomic E-state index is 11.9. The normalized spacial score (nSPS) is 10.9. The van der Waals surface area contributed by atoms with E-state index < -0.39 is 0 Å². The molecule has 0 saturated carbocycles. The molecule has 0 amide bonds. The largest absolute Gasteiger partial charge is 0.357 e. The lowest BCUT2D eigenvalue weighted by Crippen LogP contribution is -2.06. The first-order valence-electron chi connectivity index (χ1n) is 5.38. The van der Waals surface area contributed by atoms with Gasteiger partial charge in [0, 0.05) is 29.5 Å². The fourth-order valence-electron chi connectivity index (χ4n) is 1.99. The summed E-state index contributed by atoms with van der Waals surface area (Å²) < 4.78 is 1.75. The molecule has 1 aromatic carbocycles. The zero-order valence-electron chi connectivity index (χ0n) is 9.34. The molecule has 0 spiro atoms. The van der Waals surface area contributed by atoms with E-state index >= 15 is 0 Å². The van der Waals surface area contributed by atoms with Crippen molar-refractivity contribution in [3.63, 3.8) is 0 Å². The molecule has 4 heteroatoms. The van der Waals surface area contributed by atoms with Crippen LogP contribution in [0.2, 0.25) is 0 Å². The molecule has 0 saturated heterocycles. The maximum atomic E-state index is 11.9. The van der Waals surface area contributed by atoms with Crippen molar-refractivity contribution >= 4 is 10.9 Å². The monoisotopic (exact) mass is 225 g/mol. The molecule has 17 heavy (non-hydrogen) atoms. The van der Waals surface area contributed by atoms with Crippen LogP contribution in [-0.2, 0) is 0 Å². The molecule has 0 radical (unpaired) electrons. The summed E-state index contributed by atoms with van der Waals surface area (Å²) in [5.41, 5.74) is 2.59. The number of hydrogen-bond donors (Lipinski definition) is 1. The lowest BCUT2D eigenvalue weighted by atomic mass is 10.1. The SMILES string of the molecule is Cc1cc(=O)c2cccc(-n3cccn3)c2[nH]1. The van der Waals surface area contributed by atoms with Crippen LogP contribution in [0, 0.1) is 6.92 Å². The number of pyridine rings is 1. The van der Waals surface area contributed by atoms with Gasteiger partial charge in [-0.15, -0.1) is 0 Å². The number of para-hydroxylation sites is 1. The summed E-state index contributed by atoms with van der Waals surface area (Å²) >= 11 is 0. The number of benzene rings is 1. The lowest BCUT2D eigenvalue weighted by molar-refractivity contribution is 0.884. The third kappa shape index (κ3) is 1.54. The average Bonchev–Trinajstić information content (AvgIpc) is 2.81. The van der Waals surface area contributed by atoms with Gasteiger partial charge in [-0.3, -0.25) is 4.79 Å². The molecule has 0 aliphatic carbocycles. The second-order valence-corrected chi connectivity index (χ2v) is 3.97. The highest BCUT2D eigenvalue weighted by atomic mass is 16.1. The maximum Gasteiger partial charge on any atom is 0.189 e. The molecule has 0 aliphatic rings. The van der Waals surface area contributed by atoms with E-state index in [1.54, 1.807) is 16.9 Å². The Labute approximate surface area is 97.5 Å². The van der Waals surface area contributed by atoms with Gasteiger partial charge in [0.2, 0.25) is 0 Å². The minimum atomic E-state index is 0.0326. The van der Waals surface area contributed by atoms with Crippen molar-refractivity contribution in [2.24, 2.45) is 0 Å². The van der Waals surface area contributed by atoms with Crippen LogP contribution in [0.15, 0.2) is 47.5 Å². The fourth-order valence-corrected chi connectivity index (χ4v) is 1.99. The van der Waals surface area contributed by atoms with Crippen LogP contribution in [0.3, 0.4) is 0 Å². The first-order valence-corrected chi connectivity index (χ1v) is 5.38. The smallest absolute Gasteiger partial charge is 0.189 e. The molecule has 3 aromatic rings. The number of fused-ring (bicyclic) bond motifs is 1. The quantitative estimate of drug-likeness (QED) is 0.688. The van der Waals surface area contributed by atoms with E-state index in [1.807, 2.05) is 37.4 Å². The molecule has 0 unspecified atom stereocenters. The Balaban J connectivity index is 2.44. The van der Waals surface area contributed by atoms with Gasteiger partial charge in [0.1, 0.15) is 0 Å². The molecule has 2 heterocycles. The Morgan fingerprint density at radius 3 is 2.94 bits per heavy atom. The Morgan fingerprint density at radius 1 is 1.29 bits per heavy atom. The van der Waals surface area contributed by atoms with Crippen LogP contribution >= 0.6 is 0 Å². The highest BCUT2D eigenvalue weighted by Crippen LogP contribution is 2.17. The highest BCUT2D eigenvalue weighted by Gasteiger charge is 2.06. The number of hydrogen-bond acceptors (Lipinski definition) is 2. The topological polar surface area (TPSA) is 50.7 Å². The Hall–Kier alpha value is -2.36. The summed E-state index contributed by atoms with van der Waals surface area (Å²) in [5.74, 6) is 0. The molecule has 0 bridgehead atoms. The van der Waals surface area contributed by atoms with Gasteiger partial charge < -0.3 is 4.98 Å². The first-order chi connectivity index (χ1) is 8.25. The standard InChI is InChI=1S/C13H11N3O/c1-9-8-12(17)10-4-2-5-11(13(10)15-9)16-7-3-6-14-16/h2-8H,1H3,(H,15,17). The highest BCUT2D eigenvalue weighted by molar-refractivity contribution is 5.86. The molecule has 3 rings (SSSR count). The lowest BCUT2D eigenvalue weighted by Gasteiger charge is -2.07. The molecule has 0 fully saturated rings. The number of rotatable bonds is 1. The van der Waals surface area contributed by atoms with Gasteiger partial charge in [-0.05, 0) is 25.1 Å². The molecule has 0 atom stereocenters. The van der Waals surface area contributed by atoms with Crippen molar-refractivity contribution in [2.75, 3.05) is 0 Å². The van der Waals surface area contributed by atoms with Gasteiger partial charge in [-0.1, -0.05) is 6.07 Å². The molecular formula is C13H11N3O. The summed E-state index contributed by atoms with van der Waals surface area (Å²) in [5, 5.41) is 4.87. The Bertz CT molecular complexity index is 726. The second kappa shape index (κ2) is 3.59. The first kappa shape index (κ1) is 9.84. The minimum absolute atomic E-state index is 0.0326. The molecule has 1 N–H and O–H groups in total. The van der Waals surface area contributed by atoms with E-state index in [1.165, 1.54) is 0 Å². The summed E-state index contributed by atoms with van der Waals surface area (Å²) in [6.45, 7) is 1.88. The summed E-state index contributed by atoms with van der Waals surface area (Å²) in [7, 11) is 0. The Morgan fingerprint density at radius 2 is 2.18 bits per heavy atom. The van der Waals surface area contributed by atoms with Crippen LogP contribution in [0.1, 0.15) is 5.69 Å². The zero-order chi connectivity index (χ0) is 11.8. The van der Waals surface area contributed by atoms with Gasteiger partial charge >= 0.3 is 0 Å². The molecule has 2 aromatic heterocycles. The summed E-state index contributed by atoms with van der Waals surface area (Å²) in [4.78, 5) is 15.1. The number of aromatic amines is 1. The van der Waals surface area contributed by atoms with Gasteiger partial charge in [0.25, 0.3) is 0 Å². The molecule has 0 aliphatic heterocycles. The number of H-pyrrole nitrogens is 1. The van der Waals surface area contributed by atoms with Crippen molar-refractivity contribution in [2.45, 2.75) is 6.92 Å². The molecular weight excluding hydrogens is 214 g/mol. The van der Waals surface area contributed by atoms with Crippen LogP contribution in [0.5, 0.6) is 0 Å². The van der Waals surface area contributed by atoms with Crippen LogP contribution in [0.4, 0.5) is 0 Å². The van der Waals surface area contributed by atoms with E-state index in [9.17, 15) is 4.79 Å². The predicted octanol–water partition coefficient (Wildman–Crippen LogP) is 2.02. The van der Waals surface area contributed by atoms with E-state index in [-0.39, 0.29) is 5.43 Å². The van der Waals surface area contributed by atoms with Crippen LogP contribution in [-0.4, -0.2) is 14.8 Å². The second-order valence-electron chi connectivity index (χ2n) is 3.97. The van der Waals surface area contributed by atoms with Gasteiger partial charge in [-0.2, -0.15) is 5.10 Å². The number of aryl methyl sites for hydroxylation is 1. The minimum Gasteiger partial charge on any atom is -0.357 e. The summed E-state index contributed by atoms with van der Waals surface area (Å²) in [6.07, 6.45) is 3.57. The molecule has 4 nitrogen and oxygen atoms in total. The van der Waals surface area contributed by atoms with E-state index in [4.69, 9.17) is 0 Å². The van der Waals surface area contributed by atoms with E-state index in [2.05, 4.69) is 10.1 Å². The van der Waals surface area contributed by atoms with Crippen molar-refractivity contribution in [1.82, 2.24) is 14.8 Å². The number of nitrogens with zero attached hydrogens (tertiary/aromatic N) is 2. The van der Waals surface area contributed by atoms with Crippen molar-refractivity contribution in [1.29, 1.82) is 0 Å². The predicted molar refractivity (Wildman–Crippen MR) is 66.4 cm³/mol.